The van der Waals surface area contributed by atoms with E-state index in [1.807, 2.05) is 0 Å². The molecular weight excluding hydrogens is 293 g/mol. The number of para-hydroxylation sites is 1. The molecule has 1 amide bonds. The van der Waals surface area contributed by atoms with E-state index in [9.17, 15) is 9.59 Å². The molecule has 1 atom stereocenters. The standard InChI is InChI=1S/C12H13Cl2NO4/c1-7(12(17)18)19-6-5-10(16)15-11-8(13)3-2-4-9(11)14/h2-4,7H,5-6H2,1H3,(H,15,16)(H,17,18)/t7-/m1/s1. The quantitative estimate of drug-likeness (QED) is 0.847. The normalized spacial score (nSPS) is 11.9. The average molecular weight is 306 g/mol. The lowest BCUT2D eigenvalue weighted by molar-refractivity contribution is -0.149. The molecular formula is C12H13Cl2NO4. The van der Waals surface area contributed by atoms with Gasteiger partial charge in [0.2, 0.25) is 5.91 Å². The molecule has 7 heteroatoms. The number of hydrogen-bond donors (Lipinski definition) is 2. The Morgan fingerprint density at radius 3 is 2.47 bits per heavy atom. The lowest BCUT2D eigenvalue weighted by atomic mass is 10.3. The molecule has 104 valence electrons. The molecule has 1 rings (SSSR count). The van der Waals surface area contributed by atoms with E-state index >= 15 is 0 Å². The highest BCUT2D eigenvalue weighted by molar-refractivity contribution is 6.39. The Balaban J connectivity index is 2.46. The van der Waals surface area contributed by atoms with Crippen LogP contribution in [0.3, 0.4) is 0 Å². The third-order valence-electron chi connectivity index (χ3n) is 2.27. The van der Waals surface area contributed by atoms with E-state index in [-0.39, 0.29) is 18.9 Å². The Hall–Kier alpha value is -1.30. The first kappa shape index (κ1) is 15.8. The average Bonchev–Trinajstić information content (AvgIpc) is 2.33. The minimum atomic E-state index is -1.07. The van der Waals surface area contributed by atoms with E-state index in [4.69, 9.17) is 33.0 Å². The maximum Gasteiger partial charge on any atom is 0.332 e. The number of rotatable bonds is 6. The Morgan fingerprint density at radius 1 is 1.37 bits per heavy atom. The molecule has 0 aliphatic rings. The lowest BCUT2D eigenvalue weighted by Crippen LogP contribution is -2.22. The predicted molar refractivity (Wildman–Crippen MR) is 72.8 cm³/mol. The fourth-order valence-corrected chi connectivity index (χ4v) is 1.71. The van der Waals surface area contributed by atoms with Gasteiger partial charge < -0.3 is 15.2 Å². The van der Waals surface area contributed by atoms with E-state index < -0.39 is 12.1 Å². The SMILES string of the molecule is C[C@@H](OCCC(=O)Nc1c(Cl)cccc1Cl)C(=O)O. The zero-order valence-corrected chi connectivity index (χ0v) is 11.7. The molecule has 5 nitrogen and oxygen atoms in total. The molecule has 1 aromatic rings. The van der Waals surface area contributed by atoms with Crippen molar-refractivity contribution in [2.75, 3.05) is 11.9 Å². The molecule has 0 radical (unpaired) electrons. The van der Waals surface area contributed by atoms with Crippen LogP contribution in [0.15, 0.2) is 18.2 Å². The first-order valence-electron chi connectivity index (χ1n) is 5.50. The van der Waals surface area contributed by atoms with Crippen LogP contribution in [-0.4, -0.2) is 29.7 Å². The third-order valence-corrected chi connectivity index (χ3v) is 2.90. The molecule has 1 aromatic carbocycles. The Bertz CT molecular complexity index is 459. The zero-order valence-electron chi connectivity index (χ0n) is 10.2. The highest BCUT2D eigenvalue weighted by Gasteiger charge is 2.13. The molecule has 0 saturated carbocycles. The fraction of sp³-hybridized carbons (Fsp3) is 0.333. The van der Waals surface area contributed by atoms with E-state index in [0.29, 0.717) is 15.7 Å². The molecule has 0 spiro atoms. The smallest absolute Gasteiger partial charge is 0.332 e. The number of halogens is 2. The predicted octanol–water partition coefficient (Wildman–Crippen LogP) is 2.81. The van der Waals surface area contributed by atoms with Gasteiger partial charge in [-0.3, -0.25) is 4.79 Å². The largest absolute Gasteiger partial charge is 0.479 e. The van der Waals surface area contributed by atoms with Crippen molar-refractivity contribution in [2.24, 2.45) is 0 Å². The van der Waals surface area contributed by atoms with Gasteiger partial charge in [-0.05, 0) is 19.1 Å². The summed E-state index contributed by atoms with van der Waals surface area (Å²) >= 11 is 11.8. The van der Waals surface area contributed by atoms with Gasteiger partial charge in [-0.2, -0.15) is 0 Å². The van der Waals surface area contributed by atoms with Gasteiger partial charge in [0.25, 0.3) is 0 Å². The van der Waals surface area contributed by atoms with Crippen LogP contribution in [0.4, 0.5) is 5.69 Å². The molecule has 0 heterocycles. The van der Waals surface area contributed by atoms with Crippen LogP contribution in [-0.2, 0) is 14.3 Å². The van der Waals surface area contributed by atoms with Crippen molar-refractivity contribution in [3.63, 3.8) is 0 Å². The van der Waals surface area contributed by atoms with Crippen molar-refractivity contribution in [3.05, 3.63) is 28.2 Å². The molecule has 19 heavy (non-hydrogen) atoms. The summed E-state index contributed by atoms with van der Waals surface area (Å²) < 4.78 is 4.95. The van der Waals surface area contributed by atoms with E-state index in [2.05, 4.69) is 5.32 Å². The second-order valence-corrected chi connectivity index (χ2v) is 4.56. The van der Waals surface area contributed by atoms with Crippen molar-refractivity contribution >= 4 is 40.8 Å². The number of benzene rings is 1. The Labute approximate surface area is 120 Å². The molecule has 0 aliphatic carbocycles. The summed E-state index contributed by atoms with van der Waals surface area (Å²) in [5.74, 6) is -1.43. The number of amides is 1. The van der Waals surface area contributed by atoms with Gasteiger partial charge in [-0.15, -0.1) is 0 Å². The minimum absolute atomic E-state index is 0.00136. The van der Waals surface area contributed by atoms with E-state index in [0.717, 1.165) is 0 Å². The van der Waals surface area contributed by atoms with Crippen molar-refractivity contribution in [3.8, 4) is 0 Å². The van der Waals surface area contributed by atoms with Crippen LogP contribution >= 0.6 is 23.2 Å². The van der Waals surface area contributed by atoms with Gasteiger partial charge in [0, 0.05) is 0 Å². The van der Waals surface area contributed by atoms with Gasteiger partial charge in [-0.1, -0.05) is 29.3 Å². The summed E-state index contributed by atoms with van der Waals surface area (Å²) in [4.78, 5) is 22.1. The summed E-state index contributed by atoms with van der Waals surface area (Å²) in [5, 5.41) is 11.8. The Morgan fingerprint density at radius 2 is 1.95 bits per heavy atom. The van der Waals surface area contributed by atoms with Crippen LogP contribution in [0.25, 0.3) is 0 Å². The van der Waals surface area contributed by atoms with Gasteiger partial charge in [0.1, 0.15) is 0 Å². The third kappa shape index (κ3) is 5.06. The maximum atomic E-state index is 11.6. The van der Waals surface area contributed by atoms with Crippen molar-refractivity contribution in [2.45, 2.75) is 19.4 Å². The van der Waals surface area contributed by atoms with E-state index in [1.165, 1.54) is 6.92 Å². The van der Waals surface area contributed by atoms with Crippen molar-refractivity contribution in [1.29, 1.82) is 0 Å². The van der Waals surface area contributed by atoms with Crippen LogP contribution in [0, 0.1) is 0 Å². The zero-order chi connectivity index (χ0) is 14.4. The molecule has 0 aromatic heterocycles. The number of anilines is 1. The van der Waals surface area contributed by atoms with Crippen LogP contribution in [0.5, 0.6) is 0 Å². The molecule has 0 fully saturated rings. The van der Waals surface area contributed by atoms with Crippen molar-refractivity contribution < 1.29 is 19.4 Å². The number of hydrogen-bond acceptors (Lipinski definition) is 3. The summed E-state index contributed by atoms with van der Waals surface area (Å²) in [5.41, 5.74) is 0.335. The lowest BCUT2D eigenvalue weighted by Gasteiger charge is -2.10. The van der Waals surface area contributed by atoms with Crippen LogP contribution in [0.2, 0.25) is 10.0 Å². The number of ether oxygens (including phenoxy) is 1. The topological polar surface area (TPSA) is 75.6 Å². The summed E-state index contributed by atoms with van der Waals surface area (Å²) in [6.45, 7) is 1.40. The molecule has 0 aliphatic heterocycles. The highest BCUT2D eigenvalue weighted by atomic mass is 35.5. The first-order chi connectivity index (χ1) is 8.91. The molecule has 0 bridgehead atoms. The number of carboxylic acid groups (broad SMARTS) is 1. The number of carbonyl (C=O) groups is 2. The maximum absolute atomic E-state index is 11.6. The van der Waals surface area contributed by atoms with Crippen molar-refractivity contribution in [1.82, 2.24) is 0 Å². The van der Waals surface area contributed by atoms with Gasteiger partial charge in [0.05, 0.1) is 28.8 Å². The van der Waals surface area contributed by atoms with E-state index in [1.54, 1.807) is 18.2 Å². The summed E-state index contributed by atoms with van der Waals surface area (Å²) in [6.07, 6.45) is -0.934. The monoisotopic (exact) mass is 305 g/mol. The number of carboxylic acids is 1. The highest BCUT2D eigenvalue weighted by Crippen LogP contribution is 2.29. The van der Waals surface area contributed by atoms with Gasteiger partial charge in [-0.25, -0.2) is 4.79 Å². The second kappa shape index (κ2) is 7.33. The Kier molecular flexibility index (Phi) is 6.08. The molecule has 0 unspecified atom stereocenters. The first-order valence-corrected chi connectivity index (χ1v) is 6.25. The minimum Gasteiger partial charge on any atom is -0.479 e. The molecule has 0 saturated heterocycles. The number of aliphatic carboxylic acids is 1. The van der Waals surface area contributed by atoms with Gasteiger partial charge >= 0.3 is 5.97 Å². The fourth-order valence-electron chi connectivity index (χ4n) is 1.22. The van der Waals surface area contributed by atoms with Crippen LogP contribution < -0.4 is 5.32 Å². The van der Waals surface area contributed by atoms with Gasteiger partial charge in [0.15, 0.2) is 6.10 Å². The second-order valence-electron chi connectivity index (χ2n) is 3.75. The number of carbonyl (C=O) groups excluding carboxylic acids is 1. The summed E-state index contributed by atoms with van der Waals surface area (Å²) in [6, 6.07) is 4.87. The van der Waals surface area contributed by atoms with Crippen LogP contribution in [0.1, 0.15) is 13.3 Å². The summed E-state index contributed by atoms with van der Waals surface area (Å²) in [7, 11) is 0. The molecule has 2 N–H and O–H groups in total. The number of nitrogens with one attached hydrogen (secondary N) is 1.